The van der Waals surface area contributed by atoms with Crippen LogP contribution in [0.5, 0.6) is 0 Å². The molecule has 0 amide bonds. The van der Waals surface area contributed by atoms with Crippen LogP contribution in [0.2, 0.25) is 0 Å². The smallest absolute Gasteiger partial charge is 0.118 e. The normalized spacial score (nSPS) is 13.8. The highest BCUT2D eigenvalue weighted by atomic mass is 19.1. The van der Waals surface area contributed by atoms with E-state index in [1.807, 2.05) is 13.0 Å². The molecule has 0 aromatic rings. The molecule has 0 aliphatic heterocycles. The Morgan fingerprint density at radius 1 is 1.58 bits per heavy atom. The molecule has 2 N–H and O–H groups in total. The van der Waals surface area contributed by atoms with Gasteiger partial charge in [0, 0.05) is 0 Å². The Morgan fingerprint density at radius 3 is 2.75 bits per heavy atom. The van der Waals surface area contributed by atoms with Crippen molar-refractivity contribution in [2.45, 2.75) is 13.3 Å². The third-order valence-corrected chi connectivity index (χ3v) is 1.31. The van der Waals surface area contributed by atoms with Gasteiger partial charge in [-0.2, -0.15) is 0 Å². The van der Waals surface area contributed by atoms with Crippen molar-refractivity contribution in [3.05, 3.63) is 48.5 Å². The predicted molar refractivity (Wildman–Crippen MR) is 51.1 cm³/mol. The van der Waals surface area contributed by atoms with E-state index in [1.54, 1.807) is 6.08 Å². The summed E-state index contributed by atoms with van der Waals surface area (Å²) in [5.74, 6) is -0.292. The molecule has 0 rings (SSSR count). The molecule has 0 saturated carbocycles. The quantitative estimate of drug-likeness (QED) is 0.640. The lowest BCUT2D eigenvalue weighted by atomic mass is 10.2. The predicted octanol–water partition coefficient (Wildman–Crippen LogP) is 2.83. The molecule has 12 heavy (non-hydrogen) atoms. The molecule has 0 aliphatic rings. The van der Waals surface area contributed by atoms with Crippen molar-refractivity contribution in [2.75, 3.05) is 0 Å². The van der Waals surface area contributed by atoms with Crippen LogP contribution in [0.15, 0.2) is 48.5 Å². The summed E-state index contributed by atoms with van der Waals surface area (Å²) in [7, 11) is 0. The van der Waals surface area contributed by atoms with Crippen LogP contribution in [0.3, 0.4) is 0 Å². The van der Waals surface area contributed by atoms with Gasteiger partial charge in [0.2, 0.25) is 0 Å². The summed E-state index contributed by atoms with van der Waals surface area (Å²) < 4.78 is 12.5. The summed E-state index contributed by atoms with van der Waals surface area (Å²) in [5.41, 5.74) is 6.18. The Morgan fingerprint density at radius 2 is 2.25 bits per heavy atom. The average molecular weight is 167 g/mol. The summed E-state index contributed by atoms with van der Waals surface area (Å²) in [4.78, 5) is 0. The zero-order valence-corrected chi connectivity index (χ0v) is 7.26. The standard InChI is InChI=1S/C10H14FN/c1-3-10(11)7-6-9(2)5-4-8-12/h3-5,7-8H,1,6,12H2,2H3/b8-4-,9-5-,10-7+. The zero-order valence-electron chi connectivity index (χ0n) is 7.26. The maximum absolute atomic E-state index is 12.5. The lowest BCUT2D eigenvalue weighted by molar-refractivity contribution is 0.662. The first kappa shape index (κ1) is 10.7. The molecule has 0 atom stereocenters. The molecular formula is C10H14FN. The van der Waals surface area contributed by atoms with E-state index in [-0.39, 0.29) is 5.83 Å². The zero-order chi connectivity index (χ0) is 9.40. The van der Waals surface area contributed by atoms with Crippen molar-refractivity contribution in [1.82, 2.24) is 0 Å². The molecule has 0 saturated heterocycles. The molecule has 1 nitrogen and oxygen atoms in total. The van der Waals surface area contributed by atoms with Crippen LogP contribution in [-0.4, -0.2) is 0 Å². The second kappa shape index (κ2) is 6.40. The maximum atomic E-state index is 12.5. The molecule has 0 aromatic heterocycles. The number of rotatable bonds is 4. The van der Waals surface area contributed by atoms with Gasteiger partial charge < -0.3 is 5.73 Å². The first-order valence-corrected chi connectivity index (χ1v) is 3.73. The van der Waals surface area contributed by atoms with Crippen molar-refractivity contribution in [3.8, 4) is 0 Å². The first-order chi connectivity index (χ1) is 5.70. The van der Waals surface area contributed by atoms with Crippen molar-refractivity contribution in [1.29, 1.82) is 0 Å². The van der Waals surface area contributed by atoms with E-state index in [4.69, 9.17) is 5.73 Å². The number of nitrogens with two attached hydrogens (primary N) is 1. The number of halogens is 1. The highest BCUT2D eigenvalue weighted by molar-refractivity contribution is 5.16. The Kier molecular flexibility index (Phi) is 5.70. The highest BCUT2D eigenvalue weighted by Gasteiger charge is 1.87. The molecule has 0 bridgehead atoms. The van der Waals surface area contributed by atoms with Gasteiger partial charge >= 0.3 is 0 Å². The first-order valence-electron chi connectivity index (χ1n) is 3.73. The summed E-state index contributed by atoms with van der Waals surface area (Å²) in [6.45, 7) is 5.21. The molecule has 0 aromatic carbocycles. The van der Waals surface area contributed by atoms with Crippen LogP contribution in [0.4, 0.5) is 4.39 Å². The van der Waals surface area contributed by atoms with Crippen LogP contribution in [0.25, 0.3) is 0 Å². The minimum absolute atomic E-state index is 0.292. The van der Waals surface area contributed by atoms with Gasteiger partial charge in [-0.25, -0.2) is 4.39 Å². The van der Waals surface area contributed by atoms with Crippen LogP contribution in [0.1, 0.15) is 13.3 Å². The molecule has 0 heterocycles. The highest BCUT2D eigenvalue weighted by Crippen LogP contribution is 2.05. The molecule has 0 aliphatic carbocycles. The summed E-state index contributed by atoms with van der Waals surface area (Å²) in [6.07, 6.45) is 8.25. The van der Waals surface area contributed by atoms with Crippen molar-refractivity contribution < 1.29 is 4.39 Å². The number of allylic oxidation sites excluding steroid dienone is 6. The summed E-state index contributed by atoms with van der Waals surface area (Å²) in [6, 6.07) is 0. The van der Waals surface area contributed by atoms with E-state index in [1.165, 1.54) is 18.4 Å². The third-order valence-electron chi connectivity index (χ3n) is 1.31. The van der Waals surface area contributed by atoms with Gasteiger partial charge in [0.25, 0.3) is 0 Å². The van der Waals surface area contributed by atoms with Gasteiger partial charge in [-0.3, -0.25) is 0 Å². The van der Waals surface area contributed by atoms with Gasteiger partial charge in [-0.1, -0.05) is 18.2 Å². The second-order valence-electron chi connectivity index (χ2n) is 2.40. The van der Waals surface area contributed by atoms with Crippen LogP contribution in [0, 0.1) is 0 Å². The van der Waals surface area contributed by atoms with E-state index < -0.39 is 0 Å². The Hall–Kier alpha value is -1.31. The van der Waals surface area contributed by atoms with E-state index in [0.717, 1.165) is 5.57 Å². The monoisotopic (exact) mass is 167 g/mol. The minimum Gasteiger partial charge on any atom is -0.405 e. The molecular weight excluding hydrogens is 153 g/mol. The van der Waals surface area contributed by atoms with Gasteiger partial charge in [0.15, 0.2) is 0 Å². The van der Waals surface area contributed by atoms with Gasteiger partial charge in [0.1, 0.15) is 5.83 Å². The fourth-order valence-electron chi connectivity index (χ4n) is 0.630. The van der Waals surface area contributed by atoms with Crippen LogP contribution < -0.4 is 5.73 Å². The van der Waals surface area contributed by atoms with E-state index in [0.29, 0.717) is 6.42 Å². The van der Waals surface area contributed by atoms with Crippen molar-refractivity contribution in [2.24, 2.45) is 5.73 Å². The number of hydrogen-bond donors (Lipinski definition) is 1. The summed E-state index contributed by atoms with van der Waals surface area (Å²) >= 11 is 0. The van der Waals surface area contributed by atoms with Gasteiger partial charge in [-0.05, 0) is 37.8 Å². The molecule has 66 valence electrons. The fourth-order valence-corrected chi connectivity index (χ4v) is 0.630. The van der Waals surface area contributed by atoms with E-state index in [2.05, 4.69) is 6.58 Å². The summed E-state index contributed by atoms with van der Waals surface area (Å²) in [5, 5.41) is 0. The lowest BCUT2D eigenvalue weighted by Crippen LogP contribution is -1.76. The fraction of sp³-hybridized carbons (Fsp3) is 0.200. The number of hydrogen-bond acceptors (Lipinski definition) is 1. The SMILES string of the molecule is C=C/C(F)=C\C/C(C)=C\C=C/N. The Balaban J connectivity index is 4.01. The molecule has 0 fully saturated rings. The average Bonchev–Trinajstić information content (AvgIpc) is 2.10. The largest absolute Gasteiger partial charge is 0.405 e. The second-order valence-corrected chi connectivity index (χ2v) is 2.40. The Bertz CT molecular complexity index is 224. The Labute approximate surface area is 72.8 Å². The topological polar surface area (TPSA) is 26.0 Å². The van der Waals surface area contributed by atoms with Gasteiger partial charge in [0.05, 0.1) is 0 Å². The van der Waals surface area contributed by atoms with Crippen molar-refractivity contribution >= 4 is 0 Å². The van der Waals surface area contributed by atoms with Gasteiger partial charge in [-0.15, -0.1) is 0 Å². The van der Waals surface area contributed by atoms with Crippen LogP contribution >= 0.6 is 0 Å². The lowest BCUT2D eigenvalue weighted by Gasteiger charge is -1.92. The molecule has 0 radical (unpaired) electrons. The molecule has 0 spiro atoms. The van der Waals surface area contributed by atoms with Crippen LogP contribution in [-0.2, 0) is 0 Å². The molecule has 2 heteroatoms. The van der Waals surface area contributed by atoms with Crippen molar-refractivity contribution in [3.63, 3.8) is 0 Å². The third kappa shape index (κ3) is 5.47. The van der Waals surface area contributed by atoms with E-state index in [9.17, 15) is 4.39 Å². The van der Waals surface area contributed by atoms with E-state index >= 15 is 0 Å². The molecule has 0 unspecified atom stereocenters. The maximum Gasteiger partial charge on any atom is 0.118 e. The minimum atomic E-state index is -0.292.